The number of allylic oxidation sites excluding steroid dienone is 1. The SMILES string of the molecule is CCOC(=O)c1ccc2c(c1)C(Oc1ccc(Cl)cc1)=C(c1ccc(C)cc1)C2. The lowest BCUT2D eigenvalue weighted by atomic mass is 10.0. The van der Waals surface area contributed by atoms with E-state index in [0.29, 0.717) is 22.9 Å². The van der Waals surface area contributed by atoms with Crippen LogP contribution in [-0.2, 0) is 11.2 Å². The zero-order valence-corrected chi connectivity index (χ0v) is 17.1. The van der Waals surface area contributed by atoms with E-state index in [1.807, 2.05) is 30.3 Å². The standard InChI is InChI=1S/C25H21ClO3/c1-3-28-25(27)19-9-8-18-14-22(17-6-4-16(2)5-7-17)24(23(18)15-19)29-21-12-10-20(26)11-13-21/h4-13,15H,3,14H2,1-2H3. The van der Waals surface area contributed by atoms with Crippen LogP contribution in [0.4, 0.5) is 0 Å². The number of carbonyl (C=O) groups is 1. The van der Waals surface area contributed by atoms with Crippen molar-refractivity contribution in [3.63, 3.8) is 0 Å². The third-order valence-corrected chi connectivity index (χ3v) is 5.19. The molecule has 0 unspecified atom stereocenters. The molecule has 0 heterocycles. The average Bonchev–Trinajstić information content (AvgIpc) is 3.08. The molecule has 3 nitrogen and oxygen atoms in total. The predicted molar refractivity (Wildman–Crippen MR) is 116 cm³/mol. The Balaban J connectivity index is 1.80. The second-order valence-electron chi connectivity index (χ2n) is 7.00. The van der Waals surface area contributed by atoms with Crippen LogP contribution < -0.4 is 4.74 Å². The molecule has 0 saturated carbocycles. The van der Waals surface area contributed by atoms with Gasteiger partial charge in [0, 0.05) is 22.6 Å². The molecular formula is C25H21ClO3. The lowest BCUT2D eigenvalue weighted by Gasteiger charge is -2.12. The van der Waals surface area contributed by atoms with Crippen molar-refractivity contribution in [1.82, 2.24) is 0 Å². The van der Waals surface area contributed by atoms with Crippen LogP contribution in [0.25, 0.3) is 11.3 Å². The molecule has 29 heavy (non-hydrogen) atoms. The minimum atomic E-state index is -0.329. The highest BCUT2D eigenvalue weighted by atomic mass is 35.5. The van der Waals surface area contributed by atoms with Gasteiger partial charge in [-0.15, -0.1) is 0 Å². The number of benzene rings is 3. The minimum Gasteiger partial charge on any atom is -0.462 e. The number of hydrogen-bond donors (Lipinski definition) is 0. The van der Waals surface area contributed by atoms with Gasteiger partial charge in [-0.05, 0) is 61.4 Å². The van der Waals surface area contributed by atoms with Gasteiger partial charge >= 0.3 is 5.97 Å². The number of carbonyl (C=O) groups excluding carboxylic acids is 1. The molecule has 3 aromatic carbocycles. The molecule has 0 aromatic heterocycles. The van der Waals surface area contributed by atoms with E-state index in [9.17, 15) is 4.79 Å². The predicted octanol–water partition coefficient (Wildman–Crippen LogP) is 6.33. The van der Waals surface area contributed by atoms with Crippen molar-refractivity contribution in [3.8, 4) is 5.75 Å². The molecule has 0 N–H and O–H groups in total. The summed E-state index contributed by atoms with van der Waals surface area (Å²) in [4.78, 5) is 12.2. The molecule has 0 aliphatic heterocycles. The van der Waals surface area contributed by atoms with Gasteiger partial charge in [0.05, 0.1) is 12.2 Å². The Labute approximate surface area is 175 Å². The number of halogens is 1. The summed E-state index contributed by atoms with van der Waals surface area (Å²) in [7, 11) is 0. The van der Waals surface area contributed by atoms with Crippen molar-refractivity contribution in [2.75, 3.05) is 6.61 Å². The van der Waals surface area contributed by atoms with Crippen molar-refractivity contribution in [3.05, 3.63) is 99.6 Å². The number of fused-ring (bicyclic) bond motifs is 1. The molecule has 0 spiro atoms. The van der Waals surface area contributed by atoms with Gasteiger partial charge in [-0.2, -0.15) is 0 Å². The molecule has 4 rings (SSSR count). The number of hydrogen-bond acceptors (Lipinski definition) is 3. The Kier molecular flexibility index (Phi) is 5.41. The Morgan fingerprint density at radius 3 is 2.41 bits per heavy atom. The first kappa shape index (κ1) is 19.3. The van der Waals surface area contributed by atoms with Gasteiger partial charge in [0.2, 0.25) is 0 Å². The maximum atomic E-state index is 12.2. The number of esters is 1. The van der Waals surface area contributed by atoms with E-state index in [2.05, 4.69) is 31.2 Å². The molecule has 0 radical (unpaired) electrons. The second-order valence-corrected chi connectivity index (χ2v) is 7.44. The minimum absolute atomic E-state index is 0.329. The Hall–Kier alpha value is -3.04. The van der Waals surface area contributed by atoms with Crippen molar-refractivity contribution < 1.29 is 14.3 Å². The van der Waals surface area contributed by atoms with Crippen LogP contribution in [0.15, 0.2) is 66.7 Å². The van der Waals surface area contributed by atoms with Gasteiger partial charge < -0.3 is 9.47 Å². The van der Waals surface area contributed by atoms with Gasteiger partial charge in [0.25, 0.3) is 0 Å². The fourth-order valence-electron chi connectivity index (χ4n) is 3.44. The summed E-state index contributed by atoms with van der Waals surface area (Å²) in [5, 5.41) is 0.654. The van der Waals surface area contributed by atoms with E-state index < -0.39 is 0 Å². The molecule has 146 valence electrons. The van der Waals surface area contributed by atoms with Gasteiger partial charge in [0.15, 0.2) is 0 Å². The highest BCUT2D eigenvalue weighted by molar-refractivity contribution is 6.30. The molecule has 1 aliphatic rings. The van der Waals surface area contributed by atoms with Crippen LogP contribution in [0.5, 0.6) is 5.75 Å². The lowest BCUT2D eigenvalue weighted by molar-refractivity contribution is 0.0526. The summed E-state index contributed by atoms with van der Waals surface area (Å²) in [5.41, 5.74) is 5.96. The summed E-state index contributed by atoms with van der Waals surface area (Å²) in [5.74, 6) is 1.13. The van der Waals surface area contributed by atoms with E-state index >= 15 is 0 Å². The van der Waals surface area contributed by atoms with Gasteiger partial charge in [-0.3, -0.25) is 0 Å². The molecule has 1 aliphatic carbocycles. The third-order valence-electron chi connectivity index (χ3n) is 4.94. The zero-order chi connectivity index (χ0) is 20.4. The topological polar surface area (TPSA) is 35.5 Å². The summed E-state index contributed by atoms with van der Waals surface area (Å²) < 4.78 is 11.5. The highest BCUT2D eigenvalue weighted by Crippen LogP contribution is 2.40. The van der Waals surface area contributed by atoms with Crippen LogP contribution in [0.2, 0.25) is 5.02 Å². The van der Waals surface area contributed by atoms with Crippen molar-refractivity contribution in [2.24, 2.45) is 0 Å². The monoisotopic (exact) mass is 404 g/mol. The normalized spacial score (nSPS) is 12.7. The Morgan fingerprint density at radius 1 is 1.00 bits per heavy atom. The first-order chi connectivity index (χ1) is 14.0. The van der Waals surface area contributed by atoms with Gasteiger partial charge in [0.1, 0.15) is 11.5 Å². The van der Waals surface area contributed by atoms with E-state index in [1.54, 1.807) is 19.1 Å². The van der Waals surface area contributed by atoms with Crippen LogP contribution in [0.1, 0.15) is 39.5 Å². The first-order valence-electron chi connectivity index (χ1n) is 9.59. The Morgan fingerprint density at radius 2 is 1.72 bits per heavy atom. The van der Waals surface area contributed by atoms with Crippen molar-refractivity contribution >= 4 is 28.9 Å². The molecule has 4 heteroatoms. The fourth-order valence-corrected chi connectivity index (χ4v) is 3.57. The molecule has 0 atom stereocenters. The summed E-state index contributed by atoms with van der Waals surface area (Å²) in [6, 6.07) is 21.3. The summed E-state index contributed by atoms with van der Waals surface area (Å²) in [6.07, 6.45) is 0.740. The van der Waals surface area contributed by atoms with E-state index in [-0.39, 0.29) is 5.97 Å². The quantitative estimate of drug-likeness (QED) is 0.466. The molecule has 0 amide bonds. The van der Waals surface area contributed by atoms with Crippen LogP contribution in [-0.4, -0.2) is 12.6 Å². The fraction of sp³-hybridized carbons (Fsp3) is 0.160. The summed E-state index contributed by atoms with van der Waals surface area (Å²) >= 11 is 6.02. The zero-order valence-electron chi connectivity index (χ0n) is 16.4. The van der Waals surface area contributed by atoms with Crippen LogP contribution in [0, 0.1) is 6.92 Å². The third kappa shape index (κ3) is 4.06. The highest BCUT2D eigenvalue weighted by Gasteiger charge is 2.26. The molecule has 0 bridgehead atoms. The van der Waals surface area contributed by atoms with E-state index in [4.69, 9.17) is 21.1 Å². The number of ether oxygens (including phenoxy) is 2. The smallest absolute Gasteiger partial charge is 0.338 e. The molecular weight excluding hydrogens is 384 g/mol. The molecule has 3 aromatic rings. The summed E-state index contributed by atoms with van der Waals surface area (Å²) in [6.45, 7) is 4.21. The first-order valence-corrected chi connectivity index (χ1v) is 9.97. The maximum absolute atomic E-state index is 12.2. The molecule has 0 fully saturated rings. The largest absolute Gasteiger partial charge is 0.462 e. The average molecular weight is 405 g/mol. The van der Waals surface area contributed by atoms with Gasteiger partial charge in [-0.25, -0.2) is 4.79 Å². The van der Waals surface area contributed by atoms with Crippen molar-refractivity contribution in [2.45, 2.75) is 20.3 Å². The van der Waals surface area contributed by atoms with Gasteiger partial charge in [-0.1, -0.05) is 47.5 Å². The lowest BCUT2D eigenvalue weighted by Crippen LogP contribution is -2.05. The van der Waals surface area contributed by atoms with Crippen molar-refractivity contribution in [1.29, 1.82) is 0 Å². The second kappa shape index (κ2) is 8.14. The maximum Gasteiger partial charge on any atom is 0.338 e. The van der Waals surface area contributed by atoms with Crippen LogP contribution in [0.3, 0.4) is 0 Å². The van der Waals surface area contributed by atoms with E-state index in [0.717, 1.165) is 34.4 Å². The number of aryl methyl sites for hydroxylation is 1. The van der Waals surface area contributed by atoms with Crippen LogP contribution >= 0.6 is 11.6 Å². The number of rotatable bonds is 5. The molecule has 0 saturated heterocycles. The van der Waals surface area contributed by atoms with E-state index in [1.165, 1.54) is 5.56 Å². The Bertz CT molecular complexity index is 1080.